The van der Waals surface area contributed by atoms with Crippen LogP contribution in [0.4, 0.5) is 10.1 Å². The molecule has 32 heavy (non-hydrogen) atoms. The van der Waals surface area contributed by atoms with Crippen molar-refractivity contribution in [1.82, 2.24) is 19.7 Å². The number of nitrogens with zero attached hydrogens (tertiary/aromatic N) is 4. The van der Waals surface area contributed by atoms with Crippen molar-refractivity contribution < 1.29 is 18.7 Å². The first-order valence-electron chi connectivity index (χ1n) is 9.87. The van der Waals surface area contributed by atoms with Gasteiger partial charge in [0, 0.05) is 25.4 Å². The number of carbonyl (C=O) groups excluding carboxylic acids is 2. The molecule has 0 atom stereocenters. The number of aromatic nitrogens is 3. The fourth-order valence-electron chi connectivity index (χ4n) is 2.85. The van der Waals surface area contributed by atoms with Gasteiger partial charge in [0.15, 0.2) is 11.0 Å². The number of amides is 2. The van der Waals surface area contributed by atoms with Crippen LogP contribution in [0.15, 0.2) is 59.8 Å². The molecule has 2 amide bonds. The number of anilines is 1. The van der Waals surface area contributed by atoms with E-state index in [2.05, 4.69) is 15.5 Å². The van der Waals surface area contributed by atoms with Crippen LogP contribution in [-0.2, 0) is 20.9 Å². The van der Waals surface area contributed by atoms with E-state index in [1.807, 2.05) is 34.9 Å². The van der Waals surface area contributed by atoms with Crippen LogP contribution < -0.4 is 5.32 Å². The Bertz CT molecular complexity index is 1040. The minimum atomic E-state index is -0.388. The summed E-state index contributed by atoms with van der Waals surface area (Å²) in [5.74, 6) is -0.190. The molecule has 0 unspecified atom stereocenters. The van der Waals surface area contributed by atoms with Crippen LogP contribution in [0.2, 0.25) is 0 Å². The number of rotatable bonds is 10. The highest BCUT2D eigenvalue weighted by Crippen LogP contribution is 2.24. The summed E-state index contributed by atoms with van der Waals surface area (Å²) in [4.78, 5) is 26.1. The van der Waals surface area contributed by atoms with E-state index in [0.29, 0.717) is 29.8 Å². The van der Waals surface area contributed by atoms with Crippen LogP contribution in [0.1, 0.15) is 0 Å². The highest BCUT2D eigenvalue weighted by atomic mass is 32.2. The van der Waals surface area contributed by atoms with E-state index in [0.717, 1.165) is 5.56 Å². The lowest BCUT2D eigenvalue weighted by Gasteiger charge is -2.17. The molecule has 8 nitrogen and oxygen atoms in total. The summed E-state index contributed by atoms with van der Waals surface area (Å²) in [6.07, 6.45) is 0. The third kappa shape index (κ3) is 6.38. The standard InChI is InChI=1S/C22H24FN5O3S/c1-27(14-19(29)24-18-10-8-17(23)9-11-18)20(30)15-32-22-26-25-21(28(22)12-13-31-2)16-6-4-3-5-7-16/h3-11H,12-15H2,1-2H3,(H,24,29). The summed E-state index contributed by atoms with van der Waals surface area (Å²) in [5, 5.41) is 11.8. The van der Waals surface area contributed by atoms with Crippen molar-refractivity contribution in [3.8, 4) is 11.4 Å². The van der Waals surface area contributed by atoms with E-state index in [1.54, 1.807) is 14.2 Å². The number of ether oxygens (including phenoxy) is 1. The quantitative estimate of drug-likeness (QED) is 0.471. The Morgan fingerprint density at radius 2 is 1.84 bits per heavy atom. The molecule has 0 saturated heterocycles. The number of halogens is 1. The normalized spacial score (nSPS) is 10.7. The summed E-state index contributed by atoms with van der Waals surface area (Å²) in [6, 6.07) is 15.1. The largest absolute Gasteiger partial charge is 0.383 e. The van der Waals surface area contributed by atoms with Crippen molar-refractivity contribution in [1.29, 1.82) is 0 Å². The summed E-state index contributed by atoms with van der Waals surface area (Å²) in [5.41, 5.74) is 1.38. The number of thioether (sulfide) groups is 1. The zero-order valence-corrected chi connectivity index (χ0v) is 18.6. The monoisotopic (exact) mass is 457 g/mol. The number of hydrogen-bond acceptors (Lipinski definition) is 6. The second-order valence-corrected chi connectivity index (χ2v) is 7.85. The Morgan fingerprint density at radius 1 is 1.12 bits per heavy atom. The van der Waals surface area contributed by atoms with Crippen molar-refractivity contribution in [2.75, 3.05) is 38.4 Å². The van der Waals surface area contributed by atoms with Crippen molar-refractivity contribution in [3.63, 3.8) is 0 Å². The molecule has 0 spiro atoms. The van der Waals surface area contributed by atoms with E-state index in [1.165, 1.54) is 40.9 Å². The topological polar surface area (TPSA) is 89.4 Å². The smallest absolute Gasteiger partial charge is 0.243 e. The molecule has 0 aliphatic heterocycles. The Balaban J connectivity index is 1.59. The Labute approximate surface area is 189 Å². The first-order valence-corrected chi connectivity index (χ1v) is 10.9. The number of benzene rings is 2. The van der Waals surface area contributed by atoms with Gasteiger partial charge in [0.05, 0.1) is 25.4 Å². The van der Waals surface area contributed by atoms with E-state index in [-0.39, 0.29) is 29.9 Å². The average molecular weight is 458 g/mol. The van der Waals surface area contributed by atoms with Crippen LogP contribution in [0.25, 0.3) is 11.4 Å². The lowest BCUT2D eigenvalue weighted by Crippen LogP contribution is -2.36. The van der Waals surface area contributed by atoms with Gasteiger partial charge in [0.1, 0.15) is 5.82 Å². The van der Waals surface area contributed by atoms with E-state index < -0.39 is 0 Å². The predicted octanol–water partition coefficient (Wildman–Crippen LogP) is 2.92. The maximum Gasteiger partial charge on any atom is 0.243 e. The molecule has 3 aromatic rings. The first kappa shape index (κ1) is 23.4. The molecule has 2 aromatic carbocycles. The van der Waals surface area contributed by atoms with Gasteiger partial charge in [-0.05, 0) is 24.3 Å². The number of hydrogen-bond donors (Lipinski definition) is 1. The molecule has 0 aliphatic rings. The second-order valence-electron chi connectivity index (χ2n) is 6.91. The van der Waals surface area contributed by atoms with Crippen LogP contribution in [0.5, 0.6) is 0 Å². The molecule has 0 fully saturated rings. The van der Waals surface area contributed by atoms with Crippen LogP contribution in [-0.4, -0.2) is 64.5 Å². The molecule has 0 aliphatic carbocycles. The third-order valence-electron chi connectivity index (χ3n) is 4.53. The van der Waals surface area contributed by atoms with Crippen molar-refractivity contribution in [2.45, 2.75) is 11.7 Å². The molecule has 1 N–H and O–H groups in total. The summed E-state index contributed by atoms with van der Waals surface area (Å²) in [6.45, 7) is 0.894. The second kappa shape index (κ2) is 11.4. The van der Waals surface area contributed by atoms with Gasteiger partial charge in [-0.1, -0.05) is 42.1 Å². The van der Waals surface area contributed by atoms with Gasteiger partial charge in [0.2, 0.25) is 11.8 Å². The van der Waals surface area contributed by atoms with Crippen LogP contribution in [0.3, 0.4) is 0 Å². The fraction of sp³-hybridized carbons (Fsp3) is 0.273. The highest BCUT2D eigenvalue weighted by molar-refractivity contribution is 7.99. The van der Waals surface area contributed by atoms with E-state index in [9.17, 15) is 14.0 Å². The van der Waals surface area contributed by atoms with Gasteiger partial charge in [0.25, 0.3) is 0 Å². The number of carbonyl (C=O) groups is 2. The van der Waals surface area contributed by atoms with Crippen LogP contribution in [0, 0.1) is 5.82 Å². The molecular formula is C22H24FN5O3S. The van der Waals surface area contributed by atoms with Gasteiger partial charge in [-0.25, -0.2) is 4.39 Å². The third-order valence-corrected chi connectivity index (χ3v) is 5.48. The summed E-state index contributed by atoms with van der Waals surface area (Å²) < 4.78 is 20.1. The number of nitrogens with one attached hydrogen (secondary N) is 1. The van der Waals surface area contributed by atoms with Gasteiger partial charge >= 0.3 is 0 Å². The van der Waals surface area contributed by atoms with Crippen molar-refractivity contribution >= 4 is 29.3 Å². The molecule has 10 heteroatoms. The van der Waals surface area contributed by atoms with E-state index >= 15 is 0 Å². The molecule has 1 aromatic heterocycles. The summed E-state index contributed by atoms with van der Waals surface area (Å²) in [7, 11) is 3.17. The lowest BCUT2D eigenvalue weighted by atomic mass is 10.2. The van der Waals surface area contributed by atoms with Gasteiger partial charge in [-0.15, -0.1) is 10.2 Å². The maximum absolute atomic E-state index is 13.0. The molecule has 0 radical (unpaired) electrons. The van der Waals surface area contributed by atoms with Gasteiger partial charge in [-0.2, -0.15) is 0 Å². The molecular weight excluding hydrogens is 433 g/mol. The van der Waals surface area contributed by atoms with Crippen molar-refractivity contribution in [3.05, 3.63) is 60.4 Å². The number of methoxy groups -OCH3 is 1. The minimum Gasteiger partial charge on any atom is -0.383 e. The van der Waals surface area contributed by atoms with E-state index in [4.69, 9.17) is 4.74 Å². The predicted molar refractivity (Wildman–Crippen MR) is 121 cm³/mol. The maximum atomic E-state index is 13.0. The molecule has 3 rings (SSSR count). The summed E-state index contributed by atoms with van der Waals surface area (Å²) >= 11 is 1.25. The SMILES string of the molecule is COCCn1c(SCC(=O)N(C)CC(=O)Nc2ccc(F)cc2)nnc1-c1ccccc1. The minimum absolute atomic E-state index is 0.0975. The zero-order chi connectivity index (χ0) is 22.9. The Morgan fingerprint density at radius 3 is 2.53 bits per heavy atom. The molecule has 1 heterocycles. The zero-order valence-electron chi connectivity index (χ0n) is 17.8. The molecule has 0 bridgehead atoms. The first-order chi connectivity index (χ1) is 15.5. The Kier molecular flexibility index (Phi) is 8.34. The average Bonchev–Trinajstić information content (AvgIpc) is 3.20. The molecule has 168 valence electrons. The van der Waals surface area contributed by atoms with Gasteiger partial charge in [-0.3, -0.25) is 14.2 Å². The van der Waals surface area contributed by atoms with Crippen molar-refractivity contribution in [2.24, 2.45) is 0 Å². The van der Waals surface area contributed by atoms with Crippen LogP contribution >= 0.6 is 11.8 Å². The van der Waals surface area contributed by atoms with Gasteiger partial charge < -0.3 is 15.0 Å². The highest BCUT2D eigenvalue weighted by Gasteiger charge is 2.18. The Hall–Kier alpha value is -3.24. The number of likely N-dealkylation sites (N-methyl/N-ethyl adjacent to an activating group) is 1. The molecule has 0 saturated carbocycles. The fourth-order valence-corrected chi connectivity index (χ4v) is 3.76. The lowest BCUT2D eigenvalue weighted by molar-refractivity contribution is -0.131.